The normalized spacial score (nSPS) is 11.6. The molecule has 3 aromatic heterocycles. The van der Waals surface area contributed by atoms with Crippen LogP contribution in [0.1, 0.15) is 5.69 Å². The van der Waals surface area contributed by atoms with Crippen LogP contribution in [0.4, 0.5) is 0 Å². The van der Waals surface area contributed by atoms with Crippen molar-refractivity contribution in [2.75, 3.05) is 0 Å². The second kappa shape index (κ2) is 6.82. The van der Waals surface area contributed by atoms with Gasteiger partial charge in [0.25, 0.3) is 5.56 Å². The molecule has 0 saturated heterocycles. The van der Waals surface area contributed by atoms with Crippen molar-refractivity contribution in [2.24, 2.45) is 0 Å². The Bertz CT molecular complexity index is 1610. The first kappa shape index (κ1) is 17.9. The van der Waals surface area contributed by atoms with Gasteiger partial charge >= 0.3 is 0 Å². The summed E-state index contributed by atoms with van der Waals surface area (Å²) in [6.07, 6.45) is 1.74. The van der Waals surface area contributed by atoms with Crippen LogP contribution >= 0.6 is 11.6 Å². The van der Waals surface area contributed by atoms with Gasteiger partial charge in [0.15, 0.2) is 0 Å². The van der Waals surface area contributed by atoms with Crippen LogP contribution in [0, 0.1) is 0 Å². The Labute approximate surface area is 181 Å². The van der Waals surface area contributed by atoms with Crippen molar-refractivity contribution in [3.8, 4) is 5.69 Å². The number of aromatic nitrogens is 5. The molecule has 0 aliphatic rings. The first-order valence-electron chi connectivity index (χ1n) is 9.87. The minimum Gasteiger partial charge on any atom is -0.334 e. The lowest BCUT2D eigenvalue weighted by Gasteiger charge is -2.12. The van der Waals surface area contributed by atoms with E-state index in [1.165, 1.54) is 16.8 Å². The molecule has 0 spiro atoms. The van der Waals surface area contributed by atoms with Crippen LogP contribution in [-0.4, -0.2) is 24.5 Å². The zero-order valence-electron chi connectivity index (χ0n) is 16.3. The van der Waals surface area contributed by atoms with E-state index in [4.69, 9.17) is 11.6 Å². The van der Waals surface area contributed by atoms with Gasteiger partial charge < -0.3 is 9.55 Å². The molecule has 6 nitrogen and oxygen atoms in total. The Morgan fingerprint density at radius 2 is 1.58 bits per heavy atom. The van der Waals surface area contributed by atoms with Gasteiger partial charge in [0.2, 0.25) is 0 Å². The molecule has 6 rings (SSSR count). The molecule has 0 atom stereocenters. The molecule has 0 bridgehead atoms. The highest BCUT2D eigenvalue weighted by Crippen LogP contribution is 2.30. The number of hydrogen-bond donors (Lipinski definition) is 1. The summed E-state index contributed by atoms with van der Waals surface area (Å²) >= 11 is 6.24. The quantitative estimate of drug-likeness (QED) is 0.437. The van der Waals surface area contributed by atoms with E-state index in [-0.39, 0.29) is 5.56 Å². The monoisotopic (exact) mass is 425 g/mol. The molecule has 3 aromatic carbocycles. The van der Waals surface area contributed by atoms with Crippen LogP contribution in [0.5, 0.6) is 0 Å². The fourth-order valence-electron chi connectivity index (χ4n) is 4.29. The molecule has 0 saturated carbocycles. The van der Waals surface area contributed by atoms with Crippen LogP contribution in [0.2, 0.25) is 5.02 Å². The number of nitrogens with zero attached hydrogens (tertiary/aromatic N) is 4. The maximum absolute atomic E-state index is 12.3. The fourth-order valence-corrected chi connectivity index (χ4v) is 4.46. The standard InChI is InChI=1S/C24H16ClN5O/c25-15-9-10-20-19(11-15)23(12-24(31)27-20)30-16(13-26-28-30)14-29-21-7-3-1-5-17(21)18-6-2-4-8-22(18)29/h1-13H,14H2,(H,27,31). The van der Waals surface area contributed by atoms with Gasteiger partial charge in [-0.3, -0.25) is 4.79 Å². The number of benzene rings is 3. The summed E-state index contributed by atoms with van der Waals surface area (Å²) < 4.78 is 3.97. The molecule has 150 valence electrons. The first-order valence-corrected chi connectivity index (χ1v) is 10.3. The van der Waals surface area contributed by atoms with Gasteiger partial charge in [0, 0.05) is 38.3 Å². The average Bonchev–Trinajstić information content (AvgIpc) is 3.37. The number of aromatic amines is 1. The van der Waals surface area contributed by atoms with E-state index >= 15 is 0 Å². The summed E-state index contributed by atoms with van der Waals surface area (Å²) in [6, 6.07) is 23.6. The predicted octanol–water partition coefficient (Wildman–Crippen LogP) is 4.92. The molecular weight excluding hydrogens is 410 g/mol. The van der Waals surface area contributed by atoms with Crippen LogP contribution in [0.25, 0.3) is 38.4 Å². The highest BCUT2D eigenvalue weighted by molar-refractivity contribution is 6.31. The molecule has 0 fully saturated rings. The lowest BCUT2D eigenvalue weighted by molar-refractivity contribution is 0.732. The summed E-state index contributed by atoms with van der Waals surface area (Å²) in [7, 11) is 0. The number of hydrogen-bond acceptors (Lipinski definition) is 3. The Kier molecular flexibility index (Phi) is 3.94. The molecule has 7 heteroatoms. The van der Waals surface area contributed by atoms with Crippen molar-refractivity contribution in [3.63, 3.8) is 0 Å². The number of halogens is 1. The predicted molar refractivity (Wildman–Crippen MR) is 123 cm³/mol. The van der Waals surface area contributed by atoms with Crippen molar-refractivity contribution in [3.05, 3.63) is 100 Å². The van der Waals surface area contributed by atoms with Crippen LogP contribution < -0.4 is 5.56 Å². The molecular formula is C24H16ClN5O. The Hall–Kier alpha value is -3.90. The number of fused-ring (bicyclic) bond motifs is 4. The summed E-state index contributed by atoms with van der Waals surface area (Å²) in [5, 5.41) is 12.3. The van der Waals surface area contributed by atoms with Crippen molar-refractivity contribution in [1.82, 2.24) is 24.5 Å². The highest BCUT2D eigenvalue weighted by Gasteiger charge is 2.15. The molecule has 0 unspecified atom stereocenters. The lowest BCUT2D eigenvalue weighted by atomic mass is 10.2. The van der Waals surface area contributed by atoms with Gasteiger partial charge in [0.1, 0.15) is 0 Å². The van der Waals surface area contributed by atoms with E-state index in [9.17, 15) is 4.79 Å². The number of H-pyrrole nitrogens is 1. The van der Waals surface area contributed by atoms with Crippen molar-refractivity contribution < 1.29 is 0 Å². The number of para-hydroxylation sites is 2. The van der Waals surface area contributed by atoms with Gasteiger partial charge in [-0.1, -0.05) is 53.2 Å². The molecule has 3 heterocycles. The van der Waals surface area contributed by atoms with E-state index in [1.54, 1.807) is 23.0 Å². The van der Waals surface area contributed by atoms with Crippen molar-refractivity contribution in [2.45, 2.75) is 6.54 Å². The van der Waals surface area contributed by atoms with Crippen molar-refractivity contribution in [1.29, 1.82) is 0 Å². The van der Waals surface area contributed by atoms with E-state index in [0.717, 1.165) is 22.1 Å². The minimum atomic E-state index is -0.205. The molecule has 6 aromatic rings. The Morgan fingerprint density at radius 1 is 0.871 bits per heavy atom. The summed E-state index contributed by atoms with van der Waals surface area (Å²) in [5.41, 5.74) is 4.27. The summed E-state index contributed by atoms with van der Waals surface area (Å²) in [4.78, 5) is 15.2. The fraction of sp³-hybridized carbons (Fsp3) is 0.0417. The molecule has 0 radical (unpaired) electrons. The first-order chi connectivity index (χ1) is 15.2. The van der Waals surface area contributed by atoms with Gasteiger partial charge in [-0.05, 0) is 30.3 Å². The van der Waals surface area contributed by atoms with E-state index in [1.807, 2.05) is 18.2 Å². The smallest absolute Gasteiger partial charge is 0.250 e. The summed E-state index contributed by atoms with van der Waals surface area (Å²) in [6.45, 7) is 0.551. The maximum Gasteiger partial charge on any atom is 0.250 e. The van der Waals surface area contributed by atoms with E-state index in [0.29, 0.717) is 22.8 Å². The molecule has 31 heavy (non-hydrogen) atoms. The van der Waals surface area contributed by atoms with E-state index in [2.05, 4.69) is 56.3 Å². The summed E-state index contributed by atoms with van der Waals surface area (Å²) in [5.74, 6) is 0. The second-order valence-electron chi connectivity index (χ2n) is 7.47. The van der Waals surface area contributed by atoms with Crippen LogP contribution in [-0.2, 0) is 6.54 Å². The van der Waals surface area contributed by atoms with Gasteiger partial charge in [-0.15, -0.1) is 5.10 Å². The second-order valence-corrected chi connectivity index (χ2v) is 7.90. The van der Waals surface area contributed by atoms with Gasteiger partial charge in [-0.25, -0.2) is 4.68 Å². The number of nitrogens with one attached hydrogen (secondary N) is 1. The Morgan fingerprint density at radius 3 is 2.32 bits per heavy atom. The van der Waals surface area contributed by atoms with Crippen LogP contribution in [0.15, 0.2) is 83.8 Å². The number of pyridine rings is 1. The number of rotatable bonds is 3. The largest absolute Gasteiger partial charge is 0.334 e. The third-order valence-electron chi connectivity index (χ3n) is 5.63. The zero-order chi connectivity index (χ0) is 20.9. The molecule has 1 N–H and O–H groups in total. The average molecular weight is 426 g/mol. The third-order valence-corrected chi connectivity index (χ3v) is 5.87. The van der Waals surface area contributed by atoms with Gasteiger partial charge in [0.05, 0.1) is 29.6 Å². The lowest BCUT2D eigenvalue weighted by Crippen LogP contribution is -2.12. The molecule has 0 amide bonds. The molecule has 0 aliphatic carbocycles. The topological polar surface area (TPSA) is 68.5 Å². The Balaban J connectivity index is 1.57. The minimum absolute atomic E-state index is 0.205. The highest BCUT2D eigenvalue weighted by atomic mass is 35.5. The van der Waals surface area contributed by atoms with Crippen LogP contribution in [0.3, 0.4) is 0 Å². The van der Waals surface area contributed by atoms with Gasteiger partial charge in [-0.2, -0.15) is 0 Å². The third kappa shape index (κ3) is 2.84. The van der Waals surface area contributed by atoms with E-state index < -0.39 is 0 Å². The SMILES string of the molecule is O=c1cc(-n2nncc2Cn2c3ccccc3c3ccccc32)c2cc(Cl)ccc2[nH]1. The maximum atomic E-state index is 12.3. The molecule has 0 aliphatic heterocycles. The van der Waals surface area contributed by atoms with Crippen molar-refractivity contribution >= 4 is 44.3 Å². The zero-order valence-corrected chi connectivity index (χ0v) is 17.0.